The molecule has 0 aliphatic carbocycles. The zero-order chi connectivity index (χ0) is 29.3. The van der Waals surface area contributed by atoms with Crippen molar-refractivity contribution in [1.82, 2.24) is 9.55 Å². The Balaban J connectivity index is 1.93. The zero-order valence-electron chi connectivity index (χ0n) is 24.4. The van der Waals surface area contributed by atoms with Crippen molar-refractivity contribution in [3.8, 4) is 5.75 Å². The monoisotopic (exact) mass is 555 g/mol. The number of carbonyl (C=O) groups excluding carboxylic acids is 2. The van der Waals surface area contributed by atoms with E-state index in [1.54, 1.807) is 38.5 Å². The van der Waals surface area contributed by atoms with Gasteiger partial charge in [-0.15, -0.1) is 0 Å². The van der Waals surface area contributed by atoms with E-state index in [-0.39, 0.29) is 23.9 Å². The summed E-state index contributed by atoms with van der Waals surface area (Å²) in [5.74, 6) is -0.678. The molecule has 0 saturated carbocycles. The fraction of sp³-hybridized carbons (Fsp3) is 0.517. The van der Waals surface area contributed by atoms with E-state index in [2.05, 4.69) is 25.8 Å². The van der Waals surface area contributed by atoms with Crippen molar-refractivity contribution in [2.75, 3.05) is 12.0 Å². The molecule has 1 N–H and O–H groups in total. The molecule has 1 saturated heterocycles. The van der Waals surface area contributed by atoms with Crippen molar-refractivity contribution in [3.05, 3.63) is 53.2 Å². The first-order chi connectivity index (χ1) is 18.0. The highest BCUT2D eigenvalue weighted by molar-refractivity contribution is 6.61. The molecule has 1 aliphatic heterocycles. The number of carboxylic acids is 1. The first-order valence-electron chi connectivity index (χ1n) is 13.2. The normalized spacial score (nSPS) is 18.3. The van der Waals surface area contributed by atoms with Crippen LogP contribution < -0.4 is 9.64 Å². The maximum Gasteiger partial charge on any atom is 0.416 e. The number of hydrogen-bond acceptors (Lipinski definition) is 6. The van der Waals surface area contributed by atoms with Crippen molar-refractivity contribution in [3.63, 3.8) is 0 Å². The molecule has 0 bridgehead atoms. The third-order valence-corrected chi connectivity index (χ3v) is 10.9. The summed E-state index contributed by atoms with van der Waals surface area (Å²) in [4.78, 5) is 44.8. The van der Waals surface area contributed by atoms with Gasteiger partial charge in [0.15, 0.2) is 0 Å². The van der Waals surface area contributed by atoms with Gasteiger partial charge in [0.1, 0.15) is 32.2 Å². The van der Waals surface area contributed by atoms with Crippen LogP contribution in [0.3, 0.4) is 0 Å². The molecule has 1 aromatic heterocycles. The number of nitrogens with zero attached hydrogens (tertiary/aromatic N) is 3. The minimum atomic E-state index is -1.82. The Labute approximate surface area is 232 Å². The van der Waals surface area contributed by atoms with E-state index >= 15 is 0 Å². The third-order valence-electron chi connectivity index (χ3n) is 7.02. The van der Waals surface area contributed by atoms with Crippen LogP contribution in [0, 0.1) is 12.8 Å². The van der Waals surface area contributed by atoms with Gasteiger partial charge in [-0.25, -0.2) is 14.6 Å². The molecule has 3 atom stereocenters. The predicted octanol–water partition coefficient (Wildman–Crippen LogP) is 4.95. The number of aromatic nitrogens is 1. The van der Waals surface area contributed by atoms with Crippen LogP contribution in [0.1, 0.15) is 58.4 Å². The standard InChI is InChI=1S/C29H41N3O6Si/c1-18-14-20(15-22-24(26(34)35)32(25(22)33)39(9)29(5,6)7)16-23(30-18)31(27(36)38-28(2,3)4)17-19-10-12-21(37-8)13-11-19/h10-14,16,22,24,39H,15,17H2,1-9H3,(H,34,35)/t22-,24+,39?/m1/s1. The first-order valence-corrected chi connectivity index (χ1v) is 15.4. The molecule has 2 heterocycles. The molecule has 10 heteroatoms. The van der Waals surface area contributed by atoms with Crippen molar-refractivity contribution in [2.45, 2.75) is 84.7 Å². The van der Waals surface area contributed by atoms with Crippen LogP contribution in [0.15, 0.2) is 36.4 Å². The Hall–Kier alpha value is -3.40. The van der Waals surface area contributed by atoms with E-state index in [4.69, 9.17) is 9.47 Å². The lowest BCUT2D eigenvalue weighted by Crippen LogP contribution is -2.70. The van der Waals surface area contributed by atoms with Gasteiger partial charge in [0.05, 0.1) is 19.6 Å². The van der Waals surface area contributed by atoms with Gasteiger partial charge >= 0.3 is 12.1 Å². The number of hydrogen-bond donors (Lipinski definition) is 1. The van der Waals surface area contributed by atoms with Crippen molar-refractivity contribution >= 4 is 32.7 Å². The van der Waals surface area contributed by atoms with Crippen molar-refractivity contribution < 1.29 is 29.0 Å². The van der Waals surface area contributed by atoms with Gasteiger partial charge in [0, 0.05) is 5.69 Å². The lowest BCUT2D eigenvalue weighted by atomic mass is 9.84. The summed E-state index contributed by atoms with van der Waals surface area (Å²) >= 11 is 0. The highest BCUT2D eigenvalue weighted by atomic mass is 28.3. The number of aryl methyl sites for hydroxylation is 1. The maximum atomic E-state index is 13.3. The number of anilines is 1. The third kappa shape index (κ3) is 7.17. The molecule has 1 fully saturated rings. The summed E-state index contributed by atoms with van der Waals surface area (Å²) in [7, 11) is -0.230. The SMILES string of the molecule is COc1ccc(CN(C(=O)OC(C)(C)C)c2cc(C[C@H]3C(=O)N([SiH](C)C(C)(C)C)[C@@H]3C(=O)O)cc(C)n2)cc1. The van der Waals surface area contributed by atoms with Crippen molar-refractivity contribution in [2.24, 2.45) is 5.92 Å². The fourth-order valence-corrected chi connectivity index (χ4v) is 6.84. The van der Waals surface area contributed by atoms with Crippen LogP contribution in [-0.2, 0) is 27.3 Å². The van der Waals surface area contributed by atoms with Crippen LogP contribution in [0.4, 0.5) is 10.6 Å². The first kappa shape index (κ1) is 30.1. The lowest BCUT2D eigenvalue weighted by Gasteiger charge is -2.51. The van der Waals surface area contributed by atoms with E-state index in [0.717, 1.165) is 11.1 Å². The molecule has 2 amide bonds. The van der Waals surface area contributed by atoms with Crippen LogP contribution >= 0.6 is 0 Å². The average Bonchev–Trinajstić information content (AvgIpc) is 2.81. The van der Waals surface area contributed by atoms with Gasteiger partial charge in [-0.1, -0.05) is 39.5 Å². The van der Waals surface area contributed by atoms with Gasteiger partial charge in [-0.3, -0.25) is 9.69 Å². The molecule has 0 radical (unpaired) electrons. The Morgan fingerprint density at radius 2 is 1.69 bits per heavy atom. The Morgan fingerprint density at radius 3 is 2.21 bits per heavy atom. The van der Waals surface area contributed by atoms with E-state index in [1.165, 1.54) is 4.90 Å². The van der Waals surface area contributed by atoms with Gasteiger partial charge in [-0.05, 0) is 74.5 Å². The molecule has 1 aromatic carbocycles. The molecule has 212 valence electrons. The fourth-order valence-electron chi connectivity index (χ4n) is 4.62. The number of benzene rings is 1. The van der Waals surface area contributed by atoms with Crippen LogP contribution in [0.25, 0.3) is 0 Å². The molecule has 39 heavy (non-hydrogen) atoms. The molecule has 1 unspecified atom stereocenters. The molecule has 1 aliphatic rings. The Bertz CT molecular complexity index is 1220. The van der Waals surface area contributed by atoms with Crippen LogP contribution in [0.2, 0.25) is 11.6 Å². The summed E-state index contributed by atoms with van der Waals surface area (Å²) in [5.41, 5.74) is 1.53. The minimum Gasteiger partial charge on any atom is -0.497 e. The second kappa shape index (κ2) is 11.4. The number of amides is 2. The maximum absolute atomic E-state index is 13.3. The Kier molecular flexibility index (Phi) is 8.79. The number of rotatable bonds is 8. The minimum absolute atomic E-state index is 0.116. The predicted molar refractivity (Wildman–Crippen MR) is 153 cm³/mol. The highest BCUT2D eigenvalue weighted by Crippen LogP contribution is 2.39. The number of ether oxygens (including phenoxy) is 2. The van der Waals surface area contributed by atoms with Crippen LogP contribution in [0.5, 0.6) is 5.75 Å². The van der Waals surface area contributed by atoms with E-state index < -0.39 is 38.6 Å². The zero-order valence-corrected chi connectivity index (χ0v) is 25.6. The second-order valence-corrected chi connectivity index (χ2v) is 15.9. The average molecular weight is 556 g/mol. The molecular formula is C29H41N3O6Si. The van der Waals surface area contributed by atoms with E-state index in [0.29, 0.717) is 17.3 Å². The van der Waals surface area contributed by atoms with Gasteiger partial charge in [0.2, 0.25) is 5.91 Å². The van der Waals surface area contributed by atoms with Gasteiger partial charge in [-0.2, -0.15) is 0 Å². The summed E-state index contributed by atoms with van der Waals surface area (Å²) in [6.07, 6.45) is -0.305. The number of carbonyl (C=O) groups is 3. The highest BCUT2D eigenvalue weighted by Gasteiger charge is 2.54. The number of β-lactam (4-membered cyclic amide) rings is 1. The number of pyridine rings is 1. The summed E-state index contributed by atoms with van der Waals surface area (Å²) in [6, 6.07) is 10.1. The van der Waals surface area contributed by atoms with Crippen LogP contribution in [-0.4, -0.2) is 60.3 Å². The molecule has 3 rings (SSSR count). The smallest absolute Gasteiger partial charge is 0.416 e. The largest absolute Gasteiger partial charge is 0.497 e. The van der Waals surface area contributed by atoms with E-state index in [9.17, 15) is 19.5 Å². The molecular weight excluding hydrogens is 514 g/mol. The topological polar surface area (TPSA) is 109 Å². The molecule has 2 aromatic rings. The number of aliphatic carboxylic acids is 1. The Morgan fingerprint density at radius 1 is 1.08 bits per heavy atom. The lowest BCUT2D eigenvalue weighted by molar-refractivity contribution is -0.163. The summed E-state index contributed by atoms with van der Waals surface area (Å²) in [5, 5.41) is 9.88. The van der Waals surface area contributed by atoms with Gasteiger partial charge < -0.3 is 19.1 Å². The van der Waals surface area contributed by atoms with E-state index in [1.807, 2.05) is 43.8 Å². The van der Waals surface area contributed by atoms with Gasteiger partial charge in [0.25, 0.3) is 0 Å². The number of methoxy groups -OCH3 is 1. The quantitative estimate of drug-likeness (QED) is 0.363. The summed E-state index contributed by atoms with van der Waals surface area (Å²) < 4.78 is 12.6. The summed E-state index contributed by atoms with van der Waals surface area (Å²) in [6.45, 7) is 15.6. The molecule has 0 spiro atoms. The number of carboxylic acid groups (broad SMARTS) is 1. The van der Waals surface area contributed by atoms with Crippen molar-refractivity contribution in [1.29, 1.82) is 0 Å². The molecule has 9 nitrogen and oxygen atoms in total. The second-order valence-electron chi connectivity index (χ2n) is 12.3.